The molecule has 0 amide bonds. The molecule has 1 nitrogen and oxygen atoms in total. The van der Waals surface area contributed by atoms with Crippen LogP contribution in [0.25, 0.3) is 77.5 Å². The number of hydrogen-bond donors (Lipinski definition) is 0. The molecule has 1 aliphatic carbocycles. The summed E-state index contributed by atoms with van der Waals surface area (Å²) in [6.45, 7) is 4.69. The van der Waals surface area contributed by atoms with E-state index < -0.39 is 0 Å². The summed E-state index contributed by atoms with van der Waals surface area (Å²) in [5, 5.41) is 2.47. The topological polar surface area (TPSA) is 3.24 Å². The van der Waals surface area contributed by atoms with Crippen LogP contribution in [0.3, 0.4) is 0 Å². The van der Waals surface area contributed by atoms with E-state index in [1.165, 1.54) is 88.7 Å². The van der Waals surface area contributed by atoms with Gasteiger partial charge in [0.15, 0.2) is 0 Å². The Kier molecular flexibility index (Phi) is 9.24. The quantitative estimate of drug-likeness (QED) is 0.148. The van der Waals surface area contributed by atoms with Crippen LogP contribution in [0.1, 0.15) is 25.0 Å². The average Bonchev–Trinajstić information content (AvgIpc) is 3.57. The summed E-state index contributed by atoms with van der Waals surface area (Å²) in [6, 6.07) is 86.8. The molecule has 11 rings (SSSR count). The molecule has 0 saturated heterocycles. The molecule has 0 radical (unpaired) electrons. The number of rotatable bonds is 8. The van der Waals surface area contributed by atoms with E-state index in [1.807, 2.05) is 0 Å². The largest absolute Gasteiger partial charge is 0.310 e. The Morgan fingerprint density at radius 3 is 1.58 bits per heavy atom. The van der Waals surface area contributed by atoms with Crippen LogP contribution in [0.2, 0.25) is 0 Å². The van der Waals surface area contributed by atoms with Crippen LogP contribution in [0.4, 0.5) is 17.1 Å². The summed E-state index contributed by atoms with van der Waals surface area (Å²) in [7, 11) is 0. The molecule has 0 bridgehead atoms. The van der Waals surface area contributed by atoms with Crippen LogP contribution < -0.4 is 4.90 Å². The first-order chi connectivity index (χ1) is 30.5. The zero-order chi connectivity index (χ0) is 41.6. The van der Waals surface area contributed by atoms with Gasteiger partial charge in [-0.2, -0.15) is 0 Å². The molecular weight excluding hydrogens is 747 g/mol. The minimum atomic E-state index is -0.0472. The zero-order valence-corrected chi connectivity index (χ0v) is 35.0. The van der Waals surface area contributed by atoms with Crippen molar-refractivity contribution in [3.63, 3.8) is 0 Å². The van der Waals surface area contributed by atoms with Crippen LogP contribution in [-0.4, -0.2) is 0 Å². The van der Waals surface area contributed by atoms with E-state index in [9.17, 15) is 0 Å². The maximum absolute atomic E-state index is 2.48. The Bertz CT molecular complexity index is 3260. The van der Waals surface area contributed by atoms with Gasteiger partial charge < -0.3 is 4.90 Å². The van der Waals surface area contributed by atoms with E-state index in [1.54, 1.807) is 0 Å². The molecule has 0 saturated carbocycles. The fourth-order valence-electron chi connectivity index (χ4n) is 9.88. The molecule has 0 aliphatic heterocycles. The third kappa shape index (κ3) is 6.42. The van der Waals surface area contributed by atoms with Crippen molar-refractivity contribution < 1.29 is 0 Å². The summed E-state index contributed by atoms with van der Waals surface area (Å²) >= 11 is 0. The van der Waals surface area contributed by atoms with Crippen molar-refractivity contribution in [2.24, 2.45) is 0 Å². The highest BCUT2D eigenvalue weighted by atomic mass is 15.1. The van der Waals surface area contributed by atoms with E-state index >= 15 is 0 Å². The van der Waals surface area contributed by atoms with Crippen LogP contribution in [-0.2, 0) is 5.41 Å². The van der Waals surface area contributed by atoms with Crippen molar-refractivity contribution in [1.29, 1.82) is 0 Å². The Hall–Kier alpha value is -7.74. The smallest absolute Gasteiger partial charge is 0.0546 e. The summed E-state index contributed by atoms with van der Waals surface area (Å²) in [5.74, 6) is 0. The molecule has 1 aliphatic rings. The molecule has 0 aromatic heterocycles. The van der Waals surface area contributed by atoms with Gasteiger partial charge in [0, 0.05) is 22.4 Å². The van der Waals surface area contributed by atoms with Crippen molar-refractivity contribution in [2.75, 3.05) is 4.90 Å². The lowest BCUT2D eigenvalue weighted by molar-refractivity contribution is 0.660. The van der Waals surface area contributed by atoms with Gasteiger partial charge in [-0.15, -0.1) is 0 Å². The minimum Gasteiger partial charge on any atom is -0.310 e. The van der Waals surface area contributed by atoms with Crippen LogP contribution in [0.5, 0.6) is 0 Å². The van der Waals surface area contributed by atoms with Crippen molar-refractivity contribution in [3.8, 4) is 66.8 Å². The van der Waals surface area contributed by atoms with Crippen LogP contribution in [0, 0.1) is 0 Å². The van der Waals surface area contributed by atoms with E-state index in [4.69, 9.17) is 0 Å². The highest BCUT2D eigenvalue weighted by Gasteiger charge is 2.35. The molecule has 1 heteroatoms. The molecule has 0 spiro atoms. The fourth-order valence-corrected chi connectivity index (χ4v) is 9.88. The van der Waals surface area contributed by atoms with Gasteiger partial charge in [-0.25, -0.2) is 0 Å². The van der Waals surface area contributed by atoms with Crippen LogP contribution in [0.15, 0.2) is 237 Å². The summed E-state index contributed by atoms with van der Waals surface area (Å²) in [5.41, 5.74) is 20.5. The molecule has 0 N–H and O–H groups in total. The van der Waals surface area contributed by atoms with Gasteiger partial charge in [0.25, 0.3) is 0 Å². The Labute approximate surface area is 364 Å². The molecular formula is C61H45N. The van der Waals surface area contributed by atoms with E-state index in [2.05, 4.69) is 255 Å². The molecule has 0 atom stereocenters. The van der Waals surface area contributed by atoms with E-state index in [-0.39, 0.29) is 5.41 Å². The number of hydrogen-bond acceptors (Lipinski definition) is 1. The second-order valence-electron chi connectivity index (χ2n) is 16.9. The minimum absolute atomic E-state index is 0.0472. The highest BCUT2D eigenvalue weighted by molar-refractivity contribution is 6.02. The lowest BCUT2D eigenvalue weighted by Crippen LogP contribution is -2.14. The van der Waals surface area contributed by atoms with Gasteiger partial charge in [0.2, 0.25) is 0 Å². The predicted octanol–water partition coefficient (Wildman–Crippen LogP) is 17.0. The molecule has 0 fully saturated rings. The van der Waals surface area contributed by atoms with Crippen molar-refractivity contribution >= 4 is 27.8 Å². The summed E-state index contributed by atoms with van der Waals surface area (Å²) < 4.78 is 0. The first-order valence-electron chi connectivity index (χ1n) is 21.6. The number of fused-ring (bicyclic) bond motifs is 4. The first kappa shape index (κ1) is 37.3. The lowest BCUT2D eigenvalue weighted by atomic mass is 9.82. The zero-order valence-electron chi connectivity index (χ0n) is 35.0. The van der Waals surface area contributed by atoms with Gasteiger partial charge in [-0.05, 0) is 119 Å². The monoisotopic (exact) mass is 791 g/mol. The number of benzene rings is 10. The average molecular weight is 792 g/mol. The molecule has 294 valence electrons. The standard InChI is InChI=1S/C61H45N/c1-61(2)57-35-14-13-31-54(57)56-41-46(37-38-58(56)61)45-25-15-27-48(39-45)62(49-28-16-26-47(40-49)52-33-17-24-43-23-9-10-29-50(43)52)59-36-18-34-53(44-21-7-4-8-22-44)60(59)55-32-12-11-30-51(55)42-19-5-3-6-20-42/h3-41H,1-2H3. The Morgan fingerprint density at radius 2 is 0.806 bits per heavy atom. The second kappa shape index (κ2) is 15.4. The predicted molar refractivity (Wildman–Crippen MR) is 263 cm³/mol. The van der Waals surface area contributed by atoms with E-state index in [0.717, 1.165) is 17.1 Å². The van der Waals surface area contributed by atoms with Crippen LogP contribution >= 0.6 is 0 Å². The molecule has 62 heavy (non-hydrogen) atoms. The van der Waals surface area contributed by atoms with Gasteiger partial charge in [-0.3, -0.25) is 0 Å². The second-order valence-corrected chi connectivity index (χ2v) is 16.9. The SMILES string of the molecule is CC1(C)c2ccccc2-c2cc(-c3cccc(N(c4cccc(-c5cccc6ccccc56)c4)c4cccc(-c5ccccc5)c4-c4ccccc4-c4ccccc4)c3)ccc21. The first-order valence-corrected chi connectivity index (χ1v) is 21.6. The molecule has 10 aromatic rings. The third-order valence-electron chi connectivity index (χ3n) is 12.9. The highest BCUT2D eigenvalue weighted by Crippen LogP contribution is 2.51. The maximum atomic E-state index is 2.48. The van der Waals surface area contributed by atoms with Gasteiger partial charge in [0.1, 0.15) is 0 Å². The normalized spacial score (nSPS) is 12.5. The van der Waals surface area contributed by atoms with Gasteiger partial charge in [0.05, 0.1) is 5.69 Å². The third-order valence-corrected chi connectivity index (χ3v) is 12.9. The Morgan fingerprint density at radius 1 is 0.306 bits per heavy atom. The van der Waals surface area contributed by atoms with Gasteiger partial charge >= 0.3 is 0 Å². The summed E-state index contributed by atoms with van der Waals surface area (Å²) in [6.07, 6.45) is 0. The maximum Gasteiger partial charge on any atom is 0.0546 e. The number of anilines is 3. The summed E-state index contributed by atoms with van der Waals surface area (Å²) in [4.78, 5) is 2.48. The molecule has 0 heterocycles. The molecule has 10 aromatic carbocycles. The van der Waals surface area contributed by atoms with Crippen molar-refractivity contribution in [3.05, 3.63) is 248 Å². The van der Waals surface area contributed by atoms with Crippen molar-refractivity contribution in [1.82, 2.24) is 0 Å². The number of nitrogens with zero attached hydrogens (tertiary/aromatic N) is 1. The fraction of sp³-hybridized carbons (Fsp3) is 0.0492. The molecule has 0 unspecified atom stereocenters. The van der Waals surface area contributed by atoms with Crippen molar-refractivity contribution in [2.45, 2.75) is 19.3 Å². The van der Waals surface area contributed by atoms with E-state index in [0.29, 0.717) is 0 Å². The lowest BCUT2D eigenvalue weighted by Gasteiger charge is -2.30. The van der Waals surface area contributed by atoms with Gasteiger partial charge in [-0.1, -0.05) is 214 Å². The Balaban J connectivity index is 1.16.